The first kappa shape index (κ1) is 69.4. The van der Waals surface area contributed by atoms with Crippen LogP contribution in [-0.4, -0.2) is 122 Å². The van der Waals surface area contributed by atoms with E-state index in [2.05, 4.69) is 16.0 Å². The second kappa shape index (κ2) is 37.2. The Bertz CT molecular complexity index is 2150. The molecule has 1 aromatic rings. The monoisotopic (exact) mass is 1100 g/mol. The van der Waals surface area contributed by atoms with Crippen LogP contribution in [0.2, 0.25) is 0 Å². The lowest BCUT2D eigenvalue weighted by Gasteiger charge is -2.26. The number of Topliss-reactive ketones (excluding diaryl/α,β-unsaturated/α-hetero) is 5. The molecular formula is C57H92N6O13S. The lowest BCUT2D eigenvalue weighted by atomic mass is 9.83. The molecule has 0 bridgehead atoms. The van der Waals surface area contributed by atoms with Gasteiger partial charge in [-0.2, -0.15) is 0 Å². The van der Waals surface area contributed by atoms with E-state index < -0.39 is 89.2 Å². The molecule has 0 aliphatic rings. The Labute approximate surface area is 459 Å². The van der Waals surface area contributed by atoms with E-state index in [1.165, 1.54) is 37.9 Å². The summed E-state index contributed by atoms with van der Waals surface area (Å²) in [4.78, 5) is 142. The van der Waals surface area contributed by atoms with Gasteiger partial charge in [-0.05, 0) is 101 Å². The third-order valence-electron chi connectivity index (χ3n) is 14.6. The molecule has 9 unspecified atom stereocenters. The SMILES string of the molecule is CCC(C)C(CC(N)=O)C(=O)CCCCC(CCS(=O)CCC(=O)CCC(Cc1ccc(O)cc1)C(=O)NC(C(=O)CCCCC(CCC(C)=O)C(C)=O)C(C)CC)C(=O)N(C)CC(=O)NC(C(=O)NCC(N)=O)C(C)C. The molecule has 0 fully saturated rings. The maximum Gasteiger partial charge on any atom is 0.243 e. The number of ketones is 5. The molecule has 20 heteroatoms. The molecule has 0 aromatic heterocycles. The lowest BCUT2D eigenvalue weighted by molar-refractivity contribution is -0.139. The molecule has 0 saturated carbocycles. The molecule has 0 aliphatic carbocycles. The van der Waals surface area contributed by atoms with E-state index in [1.54, 1.807) is 26.0 Å². The summed E-state index contributed by atoms with van der Waals surface area (Å²) in [6.07, 6.45) is 5.54. The van der Waals surface area contributed by atoms with Gasteiger partial charge in [0.2, 0.25) is 35.4 Å². The number of hydrogen-bond acceptors (Lipinski definition) is 13. The van der Waals surface area contributed by atoms with Crippen LogP contribution in [0.25, 0.3) is 0 Å². The predicted molar refractivity (Wildman–Crippen MR) is 296 cm³/mol. The topological polar surface area (TPSA) is 316 Å². The molecule has 8 N–H and O–H groups in total. The zero-order chi connectivity index (χ0) is 58.4. The van der Waals surface area contributed by atoms with Crippen LogP contribution in [0.3, 0.4) is 0 Å². The second-order valence-corrected chi connectivity index (χ2v) is 23.1. The van der Waals surface area contributed by atoms with Crippen LogP contribution in [0.4, 0.5) is 0 Å². The summed E-state index contributed by atoms with van der Waals surface area (Å²) in [7, 11) is -0.134. The van der Waals surface area contributed by atoms with Gasteiger partial charge in [0, 0.05) is 91.5 Å². The van der Waals surface area contributed by atoms with Crippen LogP contribution in [0.1, 0.15) is 170 Å². The minimum Gasteiger partial charge on any atom is -0.508 e. The Morgan fingerprint density at radius 2 is 1.22 bits per heavy atom. The number of rotatable bonds is 43. The minimum atomic E-state index is -1.56. The van der Waals surface area contributed by atoms with Crippen molar-refractivity contribution < 1.29 is 62.1 Å². The molecule has 0 saturated heterocycles. The van der Waals surface area contributed by atoms with E-state index in [4.69, 9.17) is 11.5 Å². The highest BCUT2D eigenvalue weighted by Crippen LogP contribution is 2.25. The zero-order valence-electron chi connectivity index (χ0n) is 47.4. The molecule has 1 aromatic carbocycles. The maximum absolute atomic E-state index is 14.1. The van der Waals surface area contributed by atoms with Crippen molar-refractivity contribution in [2.45, 2.75) is 183 Å². The molecule has 0 spiro atoms. The van der Waals surface area contributed by atoms with Gasteiger partial charge in [-0.15, -0.1) is 0 Å². The van der Waals surface area contributed by atoms with Crippen molar-refractivity contribution in [2.75, 3.05) is 31.6 Å². The van der Waals surface area contributed by atoms with Gasteiger partial charge < -0.3 is 42.2 Å². The standard InChI is InChI=1S/C57H92N6O13S/c1-10-37(5)47(33-50(58)70)48(68)18-14-13-17-43(57(75)63(9)35-52(72)61-53(36(3)4)56(74)60-34-51(59)71)28-30-77(76)31-29-46(67)27-24-44(32-41-21-25-45(66)26-22-41)55(73)62-54(38(6)11-2)49(69)19-15-12-16-42(40(8)65)23-20-39(7)64/h21-22,25-26,36-38,42-44,47,53-54,66H,10-20,23-24,27-35H2,1-9H3,(H2,58,70)(H2,59,71)(H,60,74)(H,61,72)(H,62,73). The third kappa shape index (κ3) is 28.5. The average molecular weight is 1100 g/mol. The highest BCUT2D eigenvalue weighted by molar-refractivity contribution is 7.84. The fourth-order valence-electron chi connectivity index (χ4n) is 9.17. The zero-order valence-corrected chi connectivity index (χ0v) is 48.2. The van der Waals surface area contributed by atoms with Gasteiger partial charge in [0.25, 0.3) is 0 Å². The molecule has 0 aliphatic heterocycles. The number of carbonyl (C=O) groups is 11. The first-order valence-electron chi connectivity index (χ1n) is 27.6. The number of nitrogens with zero attached hydrogens (tertiary/aromatic N) is 1. The number of nitrogens with two attached hydrogens (primary N) is 2. The maximum atomic E-state index is 14.1. The first-order chi connectivity index (χ1) is 36.2. The van der Waals surface area contributed by atoms with Crippen LogP contribution >= 0.6 is 0 Å². The van der Waals surface area contributed by atoms with E-state index in [1.807, 2.05) is 27.7 Å². The molecule has 0 radical (unpaired) electrons. The van der Waals surface area contributed by atoms with Crippen LogP contribution in [0, 0.1) is 41.4 Å². The highest BCUT2D eigenvalue weighted by Gasteiger charge is 2.32. The second-order valence-electron chi connectivity index (χ2n) is 21.4. The first-order valence-corrected chi connectivity index (χ1v) is 29.1. The van der Waals surface area contributed by atoms with Gasteiger partial charge >= 0.3 is 0 Å². The van der Waals surface area contributed by atoms with Crippen molar-refractivity contribution >= 4 is 75.2 Å². The number of likely N-dealkylation sites (N-methyl/N-ethyl adjacent to an activating group) is 1. The normalized spacial score (nSPS) is 14.8. The molecule has 1 rings (SSSR count). The Morgan fingerprint density at radius 3 is 1.77 bits per heavy atom. The quantitative estimate of drug-likeness (QED) is 0.0462. The summed E-state index contributed by atoms with van der Waals surface area (Å²) < 4.78 is 13.5. The number of hydrogen-bond donors (Lipinski definition) is 6. The number of aromatic hydroxyl groups is 1. The molecule has 6 amide bonds. The number of phenols is 1. The van der Waals surface area contributed by atoms with Crippen LogP contribution in [0.5, 0.6) is 5.75 Å². The number of amides is 6. The van der Waals surface area contributed by atoms with Gasteiger partial charge in [-0.25, -0.2) is 0 Å². The summed E-state index contributed by atoms with van der Waals surface area (Å²) in [5, 5.41) is 17.9. The van der Waals surface area contributed by atoms with Gasteiger partial charge in [0.1, 0.15) is 34.9 Å². The molecule has 77 heavy (non-hydrogen) atoms. The van der Waals surface area contributed by atoms with Crippen LogP contribution < -0.4 is 27.4 Å². The Balaban J connectivity index is 3.14. The average Bonchev–Trinajstić information content (AvgIpc) is 3.37. The molecule has 19 nitrogen and oxygen atoms in total. The van der Waals surface area contributed by atoms with Crippen LogP contribution in [0.15, 0.2) is 24.3 Å². The van der Waals surface area contributed by atoms with E-state index in [-0.39, 0.29) is 128 Å². The van der Waals surface area contributed by atoms with Crippen LogP contribution in [-0.2, 0) is 70.0 Å². The van der Waals surface area contributed by atoms with Crippen molar-refractivity contribution in [3.8, 4) is 5.75 Å². The van der Waals surface area contributed by atoms with E-state index in [0.29, 0.717) is 57.8 Å². The lowest BCUT2D eigenvalue weighted by Crippen LogP contribution is -2.53. The molecular weight excluding hydrogens is 1010 g/mol. The third-order valence-corrected chi connectivity index (χ3v) is 15.9. The summed E-state index contributed by atoms with van der Waals surface area (Å²) in [5.41, 5.74) is 11.3. The van der Waals surface area contributed by atoms with E-state index in [9.17, 15) is 62.1 Å². The number of carbonyl (C=O) groups excluding carboxylic acids is 11. The number of unbranched alkanes of at least 4 members (excludes halogenated alkanes) is 2. The van der Waals surface area contributed by atoms with Crippen molar-refractivity contribution in [1.29, 1.82) is 0 Å². The van der Waals surface area contributed by atoms with Crippen molar-refractivity contribution in [2.24, 2.45) is 52.9 Å². The summed E-state index contributed by atoms with van der Waals surface area (Å²) in [6, 6.07) is 4.56. The Morgan fingerprint density at radius 1 is 0.636 bits per heavy atom. The molecule has 434 valence electrons. The van der Waals surface area contributed by atoms with Gasteiger partial charge in [0.15, 0.2) is 5.78 Å². The summed E-state index contributed by atoms with van der Waals surface area (Å²) >= 11 is 0. The fourth-order valence-corrected chi connectivity index (χ4v) is 10.4. The van der Waals surface area contributed by atoms with Gasteiger partial charge in [-0.3, -0.25) is 52.2 Å². The number of phenolic OH excluding ortho intramolecular Hbond substituents is 1. The van der Waals surface area contributed by atoms with E-state index >= 15 is 0 Å². The smallest absolute Gasteiger partial charge is 0.243 e. The Hall–Kier alpha value is -5.66. The summed E-state index contributed by atoms with van der Waals surface area (Å²) in [6.45, 7) is 13.2. The number of nitrogens with one attached hydrogen (secondary N) is 3. The van der Waals surface area contributed by atoms with Gasteiger partial charge in [0.05, 0.1) is 19.1 Å². The predicted octanol–water partition coefficient (Wildman–Crippen LogP) is 5.15. The highest BCUT2D eigenvalue weighted by atomic mass is 32.2. The fraction of sp³-hybridized carbons (Fsp3) is 0.702. The number of primary amides is 2. The van der Waals surface area contributed by atoms with Crippen molar-refractivity contribution in [1.82, 2.24) is 20.9 Å². The largest absolute Gasteiger partial charge is 0.508 e. The molecule has 9 atom stereocenters. The summed E-state index contributed by atoms with van der Waals surface area (Å²) in [5.74, 6) is -6.65. The van der Waals surface area contributed by atoms with Gasteiger partial charge in [-0.1, -0.05) is 79.4 Å². The minimum absolute atomic E-state index is 0.00902. The Kier molecular flexibility index (Phi) is 33.5. The molecule has 0 heterocycles. The van der Waals surface area contributed by atoms with Crippen molar-refractivity contribution in [3.05, 3.63) is 29.8 Å². The van der Waals surface area contributed by atoms with Crippen molar-refractivity contribution in [3.63, 3.8) is 0 Å². The number of benzene rings is 1. The van der Waals surface area contributed by atoms with E-state index in [0.717, 1.165) is 5.56 Å².